The van der Waals surface area contributed by atoms with Gasteiger partial charge in [0.15, 0.2) is 12.4 Å². The summed E-state index contributed by atoms with van der Waals surface area (Å²) in [6.07, 6.45) is 2.06. The normalized spacial score (nSPS) is 11.2. The van der Waals surface area contributed by atoms with Gasteiger partial charge in [-0.05, 0) is 37.6 Å². The number of imide groups is 1. The van der Waals surface area contributed by atoms with E-state index in [1.165, 1.54) is 24.5 Å². The SMILES string of the molecule is CC[C@@H](C)NC(=O)NC(=O)COC(=O)c1ccccc1NC(=O)c1ccco1. The van der Waals surface area contributed by atoms with Crippen molar-refractivity contribution in [1.29, 1.82) is 0 Å². The van der Waals surface area contributed by atoms with Crippen molar-refractivity contribution in [1.82, 2.24) is 10.6 Å². The Morgan fingerprint density at radius 3 is 2.54 bits per heavy atom. The summed E-state index contributed by atoms with van der Waals surface area (Å²) in [6, 6.07) is 8.43. The van der Waals surface area contributed by atoms with Gasteiger partial charge in [-0.2, -0.15) is 0 Å². The van der Waals surface area contributed by atoms with Gasteiger partial charge in [0.25, 0.3) is 11.8 Å². The molecule has 0 spiro atoms. The van der Waals surface area contributed by atoms with Crippen LogP contribution in [0.15, 0.2) is 47.1 Å². The third-order valence-corrected chi connectivity index (χ3v) is 3.72. The standard InChI is InChI=1S/C19H21N3O6/c1-3-12(2)20-19(26)22-16(23)11-28-18(25)13-7-4-5-8-14(13)21-17(24)15-9-6-10-27-15/h4-10,12H,3,11H2,1-2H3,(H,21,24)(H2,20,22,23,26)/t12-/m1/s1. The topological polar surface area (TPSA) is 127 Å². The molecule has 3 N–H and O–H groups in total. The summed E-state index contributed by atoms with van der Waals surface area (Å²) in [4.78, 5) is 47.7. The quantitative estimate of drug-likeness (QED) is 0.626. The Kier molecular flexibility index (Phi) is 7.32. The highest BCUT2D eigenvalue weighted by molar-refractivity contribution is 6.07. The van der Waals surface area contributed by atoms with Gasteiger partial charge in [0.2, 0.25) is 0 Å². The Morgan fingerprint density at radius 1 is 1.11 bits per heavy atom. The number of nitrogens with one attached hydrogen (secondary N) is 3. The molecule has 1 heterocycles. The van der Waals surface area contributed by atoms with E-state index in [9.17, 15) is 19.2 Å². The molecule has 0 bridgehead atoms. The molecule has 148 valence electrons. The van der Waals surface area contributed by atoms with E-state index in [0.717, 1.165) is 0 Å². The molecule has 0 saturated heterocycles. The molecule has 0 saturated carbocycles. The van der Waals surface area contributed by atoms with Crippen molar-refractivity contribution in [3.05, 3.63) is 54.0 Å². The molecule has 9 heteroatoms. The molecule has 0 aliphatic rings. The highest BCUT2D eigenvalue weighted by Gasteiger charge is 2.18. The number of para-hydroxylation sites is 1. The molecule has 2 rings (SSSR count). The maximum absolute atomic E-state index is 12.3. The maximum Gasteiger partial charge on any atom is 0.340 e. The first-order valence-corrected chi connectivity index (χ1v) is 8.62. The number of rotatable bonds is 7. The number of hydrogen-bond acceptors (Lipinski definition) is 6. The molecule has 1 atom stereocenters. The molecule has 2 aromatic rings. The number of benzene rings is 1. The average Bonchev–Trinajstić information content (AvgIpc) is 3.21. The van der Waals surface area contributed by atoms with Crippen LogP contribution in [0.5, 0.6) is 0 Å². The van der Waals surface area contributed by atoms with Crippen molar-refractivity contribution in [2.45, 2.75) is 26.3 Å². The third kappa shape index (κ3) is 5.97. The van der Waals surface area contributed by atoms with Gasteiger partial charge in [0.1, 0.15) is 0 Å². The summed E-state index contributed by atoms with van der Waals surface area (Å²) in [6.45, 7) is 3.03. The fourth-order valence-corrected chi connectivity index (χ4v) is 2.10. The summed E-state index contributed by atoms with van der Waals surface area (Å²) in [5, 5.41) is 7.17. The molecule has 4 amide bonds. The third-order valence-electron chi connectivity index (χ3n) is 3.72. The van der Waals surface area contributed by atoms with Crippen molar-refractivity contribution >= 4 is 29.5 Å². The summed E-state index contributed by atoms with van der Waals surface area (Å²) in [7, 11) is 0. The van der Waals surface area contributed by atoms with Crippen LogP contribution in [0.3, 0.4) is 0 Å². The number of furan rings is 1. The lowest BCUT2D eigenvalue weighted by Gasteiger charge is -2.12. The lowest BCUT2D eigenvalue weighted by molar-refractivity contribution is -0.123. The van der Waals surface area contributed by atoms with Crippen LogP contribution >= 0.6 is 0 Å². The number of anilines is 1. The van der Waals surface area contributed by atoms with Gasteiger partial charge in [0.05, 0.1) is 17.5 Å². The smallest absolute Gasteiger partial charge is 0.340 e. The van der Waals surface area contributed by atoms with Crippen LogP contribution in [0.2, 0.25) is 0 Å². The van der Waals surface area contributed by atoms with Crippen molar-refractivity contribution in [2.24, 2.45) is 0 Å². The van der Waals surface area contributed by atoms with Gasteiger partial charge < -0.3 is 19.8 Å². The van der Waals surface area contributed by atoms with Crippen molar-refractivity contribution in [3.63, 3.8) is 0 Å². The molecule has 0 aliphatic carbocycles. The van der Waals surface area contributed by atoms with Crippen LogP contribution in [0, 0.1) is 0 Å². The van der Waals surface area contributed by atoms with Crippen LogP contribution in [-0.2, 0) is 9.53 Å². The van der Waals surface area contributed by atoms with Crippen LogP contribution in [0.4, 0.5) is 10.5 Å². The molecule has 0 aliphatic heterocycles. The van der Waals surface area contributed by atoms with Gasteiger partial charge in [-0.1, -0.05) is 19.1 Å². The zero-order valence-corrected chi connectivity index (χ0v) is 15.5. The molecule has 0 fully saturated rings. The summed E-state index contributed by atoms with van der Waals surface area (Å²) in [5.41, 5.74) is 0.253. The second-order valence-corrected chi connectivity index (χ2v) is 5.88. The monoisotopic (exact) mass is 387 g/mol. The Morgan fingerprint density at radius 2 is 1.86 bits per heavy atom. The zero-order chi connectivity index (χ0) is 20.5. The number of amides is 4. The second kappa shape index (κ2) is 9.91. The lowest BCUT2D eigenvalue weighted by atomic mass is 10.1. The van der Waals surface area contributed by atoms with E-state index in [0.29, 0.717) is 6.42 Å². The number of ether oxygens (including phenoxy) is 1. The van der Waals surface area contributed by atoms with Gasteiger partial charge in [-0.15, -0.1) is 0 Å². The molecule has 9 nitrogen and oxygen atoms in total. The minimum Gasteiger partial charge on any atom is -0.459 e. The van der Waals surface area contributed by atoms with Crippen molar-refractivity contribution in [3.8, 4) is 0 Å². The van der Waals surface area contributed by atoms with Gasteiger partial charge >= 0.3 is 12.0 Å². The molecule has 28 heavy (non-hydrogen) atoms. The Balaban J connectivity index is 1.93. The Labute approximate surface area is 161 Å². The van der Waals surface area contributed by atoms with E-state index in [4.69, 9.17) is 9.15 Å². The van der Waals surface area contributed by atoms with E-state index in [-0.39, 0.29) is 23.1 Å². The van der Waals surface area contributed by atoms with E-state index in [2.05, 4.69) is 16.0 Å². The van der Waals surface area contributed by atoms with Crippen molar-refractivity contribution in [2.75, 3.05) is 11.9 Å². The van der Waals surface area contributed by atoms with E-state index in [1.54, 1.807) is 25.1 Å². The largest absolute Gasteiger partial charge is 0.459 e. The fraction of sp³-hybridized carbons (Fsp3) is 0.263. The summed E-state index contributed by atoms with van der Waals surface area (Å²) in [5.74, 6) is -2.06. The van der Waals surface area contributed by atoms with E-state index >= 15 is 0 Å². The number of urea groups is 1. The maximum atomic E-state index is 12.3. The fourth-order valence-electron chi connectivity index (χ4n) is 2.10. The van der Waals surface area contributed by atoms with E-state index < -0.39 is 30.4 Å². The molecule has 0 unspecified atom stereocenters. The first-order chi connectivity index (χ1) is 13.4. The first kappa shape index (κ1) is 20.7. The Hall–Kier alpha value is -3.62. The number of esters is 1. The number of carbonyl (C=O) groups excluding carboxylic acids is 4. The number of hydrogen-bond donors (Lipinski definition) is 3. The van der Waals surface area contributed by atoms with Crippen LogP contribution in [0.1, 0.15) is 41.2 Å². The summed E-state index contributed by atoms with van der Waals surface area (Å²) < 4.78 is 9.93. The van der Waals surface area contributed by atoms with E-state index in [1.807, 2.05) is 6.92 Å². The first-order valence-electron chi connectivity index (χ1n) is 8.62. The molecule has 0 radical (unpaired) electrons. The second-order valence-electron chi connectivity index (χ2n) is 5.88. The number of carbonyl (C=O) groups is 4. The van der Waals surface area contributed by atoms with Crippen LogP contribution in [-0.4, -0.2) is 36.5 Å². The van der Waals surface area contributed by atoms with Gasteiger partial charge in [0, 0.05) is 6.04 Å². The predicted molar refractivity (Wildman–Crippen MR) is 99.8 cm³/mol. The highest BCUT2D eigenvalue weighted by Crippen LogP contribution is 2.17. The van der Waals surface area contributed by atoms with Gasteiger partial charge in [-0.3, -0.25) is 14.9 Å². The minimum atomic E-state index is -0.826. The molecule has 1 aromatic heterocycles. The lowest BCUT2D eigenvalue weighted by Crippen LogP contribution is -2.44. The minimum absolute atomic E-state index is 0.0549. The molecule has 1 aromatic carbocycles. The predicted octanol–water partition coefficient (Wildman–Crippen LogP) is 2.31. The zero-order valence-electron chi connectivity index (χ0n) is 15.5. The van der Waals surface area contributed by atoms with Crippen LogP contribution < -0.4 is 16.0 Å². The molecular formula is C19H21N3O6. The average molecular weight is 387 g/mol. The van der Waals surface area contributed by atoms with Crippen molar-refractivity contribution < 1.29 is 28.3 Å². The van der Waals surface area contributed by atoms with Gasteiger partial charge in [-0.25, -0.2) is 9.59 Å². The Bertz CT molecular complexity index is 847. The summed E-state index contributed by atoms with van der Waals surface area (Å²) >= 11 is 0. The van der Waals surface area contributed by atoms with Crippen LogP contribution in [0.25, 0.3) is 0 Å². The molecular weight excluding hydrogens is 366 g/mol. The highest BCUT2D eigenvalue weighted by atomic mass is 16.5.